The van der Waals surface area contributed by atoms with E-state index in [-0.39, 0.29) is 5.41 Å². The number of fused-ring (bicyclic) bond motifs is 1. The maximum atomic E-state index is 10.5. The highest BCUT2D eigenvalue weighted by Gasteiger charge is 2.27. The molecule has 1 aliphatic heterocycles. The zero-order chi connectivity index (χ0) is 20.9. The number of carbonyl (C=O) groups excluding carboxylic acids is 1. The first-order valence-corrected chi connectivity index (χ1v) is 11.3. The van der Waals surface area contributed by atoms with E-state index >= 15 is 0 Å². The van der Waals surface area contributed by atoms with Gasteiger partial charge in [0.05, 0.1) is 11.0 Å². The Bertz CT molecular complexity index is 853. The first kappa shape index (κ1) is 21.9. The van der Waals surface area contributed by atoms with E-state index in [0.717, 1.165) is 55.7 Å². The molecule has 0 unspecified atom stereocenters. The van der Waals surface area contributed by atoms with Crippen LogP contribution in [0.4, 0.5) is 0 Å². The van der Waals surface area contributed by atoms with Gasteiger partial charge in [-0.05, 0) is 55.3 Å². The highest BCUT2D eigenvalue weighted by molar-refractivity contribution is 7.97. The van der Waals surface area contributed by atoms with Crippen LogP contribution in [0, 0.1) is 5.92 Å². The third-order valence-electron chi connectivity index (χ3n) is 5.79. The average Bonchev–Trinajstić information content (AvgIpc) is 3.07. The number of aromatic nitrogens is 2. The molecule has 0 saturated carbocycles. The lowest BCUT2D eigenvalue weighted by molar-refractivity contribution is -0.107. The maximum absolute atomic E-state index is 10.5. The van der Waals surface area contributed by atoms with Crippen LogP contribution in [0.2, 0.25) is 0 Å². The summed E-state index contributed by atoms with van der Waals surface area (Å²) in [6, 6.07) is 6.56. The monoisotopic (exact) mass is 415 g/mol. The van der Waals surface area contributed by atoms with E-state index < -0.39 is 0 Å². The fraction of sp³-hybridized carbons (Fsp3) is 0.565. The number of rotatable bonds is 9. The quantitative estimate of drug-likeness (QED) is 0.416. The van der Waals surface area contributed by atoms with Crippen LogP contribution in [0.3, 0.4) is 0 Å². The lowest BCUT2D eigenvalue weighted by atomic mass is 9.89. The summed E-state index contributed by atoms with van der Waals surface area (Å²) >= 11 is 1.64. The Balaban J connectivity index is 1.90. The van der Waals surface area contributed by atoms with E-state index in [4.69, 9.17) is 9.72 Å². The van der Waals surface area contributed by atoms with Crippen molar-refractivity contribution in [3.05, 3.63) is 36.3 Å². The standard InChI is InChI=1S/C23H33N3O2S/c1-5-23(2,3)22-24-20-16-19(29-25(4)12-6-7-13-27)8-9-21(20)26(22)17-18-10-14-28-15-11-18/h6,8-9,12-13,16,18H,5,7,10-11,14-15,17H2,1-4H3/b12-6-. The lowest BCUT2D eigenvalue weighted by Gasteiger charge is -2.28. The molecular formula is C23H33N3O2S. The van der Waals surface area contributed by atoms with Crippen molar-refractivity contribution in [2.24, 2.45) is 5.92 Å². The largest absolute Gasteiger partial charge is 0.381 e. The molecule has 1 fully saturated rings. The maximum Gasteiger partial charge on any atom is 0.123 e. The normalized spacial score (nSPS) is 16.0. The molecule has 5 nitrogen and oxygen atoms in total. The van der Waals surface area contributed by atoms with Gasteiger partial charge in [0.1, 0.15) is 12.1 Å². The topological polar surface area (TPSA) is 47.4 Å². The molecule has 2 heterocycles. The van der Waals surface area contributed by atoms with E-state index in [1.807, 2.05) is 23.6 Å². The van der Waals surface area contributed by atoms with Crippen molar-refractivity contribution in [3.8, 4) is 0 Å². The van der Waals surface area contributed by atoms with Gasteiger partial charge in [0.15, 0.2) is 0 Å². The summed E-state index contributed by atoms with van der Waals surface area (Å²) in [5, 5.41) is 0. The molecule has 3 rings (SSSR count). The molecule has 0 bridgehead atoms. The summed E-state index contributed by atoms with van der Waals surface area (Å²) < 4.78 is 10.0. The Morgan fingerprint density at radius 2 is 2.10 bits per heavy atom. The predicted octanol–water partition coefficient (Wildman–Crippen LogP) is 5.19. The van der Waals surface area contributed by atoms with Crippen LogP contribution in [0.5, 0.6) is 0 Å². The minimum absolute atomic E-state index is 0.0336. The number of hydrogen-bond acceptors (Lipinski definition) is 5. The highest BCUT2D eigenvalue weighted by Crippen LogP contribution is 2.33. The van der Waals surface area contributed by atoms with Gasteiger partial charge in [0.2, 0.25) is 0 Å². The number of carbonyl (C=O) groups is 1. The number of nitrogens with zero attached hydrogens (tertiary/aromatic N) is 3. The second-order valence-electron chi connectivity index (χ2n) is 8.41. The van der Waals surface area contributed by atoms with Crippen LogP contribution in [-0.4, -0.2) is 40.4 Å². The molecule has 0 N–H and O–H groups in total. The molecule has 0 spiro atoms. The number of aldehydes is 1. The molecule has 0 amide bonds. The molecule has 29 heavy (non-hydrogen) atoms. The summed E-state index contributed by atoms with van der Waals surface area (Å²) in [5.74, 6) is 1.83. The fourth-order valence-corrected chi connectivity index (χ4v) is 4.45. The van der Waals surface area contributed by atoms with Gasteiger partial charge >= 0.3 is 0 Å². The molecule has 158 valence electrons. The summed E-state index contributed by atoms with van der Waals surface area (Å²) in [5.41, 5.74) is 2.31. The summed E-state index contributed by atoms with van der Waals surface area (Å²) in [4.78, 5) is 16.7. The van der Waals surface area contributed by atoms with Crippen LogP contribution < -0.4 is 0 Å². The number of ether oxygens (including phenoxy) is 1. The number of imidazole rings is 1. The van der Waals surface area contributed by atoms with Gasteiger partial charge in [-0.2, -0.15) is 0 Å². The van der Waals surface area contributed by atoms with E-state index in [9.17, 15) is 4.79 Å². The molecule has 6 heteroatoms. The fourth-order valence-electron chi connectivity index (χ4n) is 3.67. The van der Waals surface area contributed by atoms with Crippen LogP contribution in [-0.2, 0) is 21.5 Å². The van der Waals surface area contributed by atoms with E-state index in [1.165, 1.54) is 11.3 Å². The van der Waals surface area contributed by atoms with Gasteiger partial charge in [-0.3, -0.25) is 0 Å². The van der Waals surface area contributed by atoms with Crippen molar-refractivity contribution < 1.29 is 9.53 Å². The summed E-state index contributed by atoms with van der Waals surface area (Å²) in [6.07, 6.45) is 8.44. The summed E-state index contributed by atoms with van der Waals surface area (Å²) in [6.45, 7) is 9.56. The number of allylic oxidation sites excluding steroid dienone is 1. The van der Waals surface area contributed by atoms with Gasteiger partial charge in [0, 0.05) is 49.7 Å². The minimum Gasteiger partial charge on any atom is -0.381 e. The van der Waals surface area contributed by atoms with Gasteiger partial charge in [-0.25, -0.2) is 4.98 Å². The molecular weight excluding hydrogens is 382 g/mol. The number of hydrogen-bond donors (Lipinski definition) is 0. The Labute approximate surface area is 178 Å². The molecule has 0 radical (unpaired) electrons. The summed E-state index contributed by atoms with van der Waals surface area (Å²) in [7, 11) is 1.99. The van der Waals surface area contributed by atoms with Gasteiger partial charge in [-0.15, -0.1) is 0 Å². The second-order valence-corrected chi connectivity index (χ2v) is 9.64. The van der Waals surface area contributed by atoms with Crippen molar-refractivity contribution in [2.75, 3.05) is 20.3 Å². The van der Waals surface area contributed by atoms with Gasteiger partial charge in [-0.1, -0.05) is 26.8 Å². The zero-order valence-corrected chi connectivity index (χ0v) is 18.9. The van der Waals surface area contributed by atoms with Crippen molar-refractivity contribution in [1.29, 1.82) is 0 Å². The minimum atomic E-state index is 0.0336. The lowest BCUT2D eigenvalue weighted by Crippen LogP contribution is -2.26. The molecule has 1 aromatic heterocycles. The van der Waals surface area contributed by atoms with Crippen LogP contribution in [0.1, 0.15) is 52.3 Å². The van der Waals surface area contributed by atoms with Crippen molar-refractivity contribution in [2.45, 2.75) is 63.3 Å². The molecule has 1 saturated heterocycles. The Kier molecular flexibility index (Phi) is 7.41. The van der Waals surface area contributed by atoms with Gasteiger partial charge < -0.3 is 18.4 Å². The molecule has 0 aliphatic carbocycles. The third kappa shape index (κ3) is 5.43. The average molecular weight is 416 g/mol. The van der Waals surface area contributed by atoms with E-state index in [2.05, 4.69) is 43.5 Å². The second kappa shape index (κ2) is 9.81. The van der Waals surface area contributed by atoms with Crippen molar-refractivity contribution in [1.82, 2.24) is 13.9 Å². The van der Waals surface area contributed by atoms with Crippen molar-refractivity contribution >= 4 is 29.3 Å². The van der Waals surface area contributed by atoms with E-state index in [1.54, 1.807) is 11.9 Å². The van der Waals surface area contributed by atoms with Crippen LogP contribution in [0.25, 0.3) is 11.0 Å². The van der Waals surface area contributed by atoms with Gasteiger partial charge in [0.25, 0.3) is 0 Å². The van der Waals surface area contributed by atoms with Crippen molar-refractivity contribution in [3.63, 3.8) is 0 Å². The van der Waals surface area contributed by atoms with Crippen LogP contribution >= 0.6 is 11.9 Å². The first-order valence-electron chi connectivity index (χ1n) is 10.5. The highest BCUT2D eigenvalue weighted by atomic mass is 32.2. The Morgan fingerprint density at radius 3 is 2.79 bits per heavy atom. The Hall–Kier alpha value is -1.79. The molecule has 1 aromatic carbocycles. The molecule has 0 atom stereocenters. The third-order valence-corrected chi connectivity index (χ3v) is 6.66. The Morgan fingerprint density at radius 1 is 1.34 bits per heavy atom. The number of benzene rings is 1. The first-order chi connectivity index (χ1) is 13.9. The SMILES string of the molecule is CCC(C)(C)c1nc2cc(SN(C)/C=C\CC=O)ccc2n1CC1CCOCC1. The molecule has 1 aliphatic rings. The molecule has 2 aromatic rings. The predicted molar refractivity (Wildman–Crippen MR) is 120 cm³/mol. The smallest absolute Gasteiger partial charge is 0.123 e. The van der Waals surface area contributed by atoms with E-state index in [0.29, 0.717) is 12.3 Å². The van der Waals surface area contributed by atoms with Crippen LogP contribution in [0.15, 0.2) is 35.4 Å². The zero-order valence-electron chi connectivity index (χ0n) is 18.1.